The highest BCUT2D eigenvalue weighted by atomic mass is 32.2. The highest BCUT2D eigenvalue weighted by Crippen LogP contribution is 2.23. The zero-order valence-electron chi connectivity index (χ0n) is 14.7. The van der Waals surface area contributed by atoms with Crippen LogP contribution in [0.3, 0.4) is 0 Å². The molecular formula is C19H22N4OS. The van der Waals surface area contributed by atoms with Gasteiger partial charge in [0.15, 0.2) is 5.78 Å². The fourth-order valence-corrected chi connectivity index (χ4v) is 3.62. The second-order valence-electron chi connectivity index (χ2n) is 5.98. The largest absolute Gasteiger partial charge is 0.318 e. The number of Topliss-reactive ketones (excluding diaryl/α,β-unsaturated/α-hetero) is 1. The Kier molecular flexibility index (Phi) is 5.38. The number of aromatic amines is 1. The van der Waals surface area contributed by atoms with Crippen molar-refractivity contribution in [2.45, 2.75) is 38.8 Å². The average Bonchev–Trinajstić information content (AvgIpc) is 3.18. The Morgan fingerprint density at radius 3 is 2.72 bits per heavy atom. The first-order valence-corrected chi connectivity index (χ1v) is 9.40. The molecule has 0 aliphatic heterocycles. The van der Waals surface area contributed by atoms with Gasteiger partial charge in [0, 0.05) is 29.1 Å². The molecule has 3 rings (SSSR count). The summed E-state index contributed by atoms with van der Waals surface area (Å²) < 4.78 is 2.12. The Morgan fingerprint density at radius 2 is 2.00 bits per heavy atom. The van der Waals surface area contributed by atoms with Crippen LogP contribution < -0.4 is 0 Å². The number of nitrogens with zero attached hydrogens (tertiary/aromatic N) is 3. The number of para-hydroxylation sites is 1. The predicted molar refractivity (Wildman–Crippen MR) is 101 cm³/mol. The number of rotatable bonds is 7. The molecule has 3 aromatic rings. The fourth-order valence-electron chi connectivity index (χ4n) is 2.92. The molecule has 0 amide bonds. The number of hydrogen-bond donors (Lipinski definition) is 1. The first-order chi connectivity index (χ1) is 12.1. The Balaban J connectivity index is 1.74. The normalized spacial score (nSPS) is 11.0. The molecule has 6 heteroatoms. The van der Waals surface area contributed by atoms with Gasteiger partial charge in [0.05, 0.1) is 5.75 Å². The van der Waals surface area contributed by atoms with E-state index in [2.05, 4.69) is 26.7 Å². The third-order valence-corrected chi connectivity index (χ3v) is 4.92. The topological polar surface area (TPSA) is 63.6 Å². The van der Waals surface area contributed by atoms with Gasteiger partial charge in [-0.2, -0.15) is 0 Å². The van der Waals surface area contributed by atoms with Gasteiger partial charge in [-0.05, 0) is 38.5 Å². The standard InChI is InChI=1S/C19H22N4OS/c1-4-8-18-20-19(22-21-18)25-12-17(24)16-11-13(2)23(14(16)3)15-9-6-5-7-10-15/h5-7,9-11H,4,8,12H2,1-3H3,(H,20,21,22). The van der Waals surface area contributed by atoms with Crippen LogP contribution in [0.25, 0.3) is 5.69 Å². The number of benzene rings is 1. The first kappa shape index (κ1) is 17.5. The van der Waals surface area contributed by atoms with Crippen molar-refractivity contribution in [2.75, 3.05) is 5.75 Å². The zero-order valence-corrected chi connectivity index (χ0v) is 15.6. The summed E-state index contributed by atoms with van der Waals surface area (Å²) >= 11 is 1.38. The second-order valence-corrected chi connectivity index (χ2v) is 6.92. The van der Waals surface area contributed by atoms with Crippen LogP contribution in [0.1, 0.15) is 40.9 Å². The van der Waals surface area contributed by atoms with Gasteiger partial charge in [-0.1, -0.05) is 36.9 Å². The van der Waals surface area contributed by atoms with Gasteiger partial charge in [0.25, 0.3) is 0 Å². The van der Waals surface area contributed by atoms with Gasteiger partial charge >= 0.3 is 0 Å². The van der Waals surface area contributed by atoms with E-state index in [1.54, 1.807) is 0 Å². The highest BCUT2D eigenvalue weighted by Gasteiger charge is 2.17. The van der Waals surface area contributed by atoms with Crippen molar-refractivity contribution in [1.29, 1.82) is 0 Å². The van der Waals surface area contributed by atoms with Crippen LogP contribution in [0.4, 0.5) is 0 Å². The molecule has 0 aliphatic rings. The Labute approximate surface area is 151 Å². The first-order valence-electron chi connectivity index (χ1n) is 8.41. The third kappa shape index (κ3) is 3.85. The summed E-state index contributed by atoms with van der Waals surface area (Å²) in [6.07, 6.45) is 1.89. The van der Waals surface area contributed by atoms with Crippen LogP contribution in [0.5, 0.6) is 0 Å². The van der Waals surface area contributed by atoms with E-state index >= 15 is 0 Å². The lowest BCUT2D eigenvalue weighted by Gasteiger charge is -2.09. The minimum absolute atomic E-state index is 0.0992. The molecule has 0 atom stereocenters. The summed E-state index contributed by atoms with van der Waals surface area (Å²) in [4.78, 5) is 17.1. The van der Waals surface area contributed by atoms with Crippen LogP contribution in [0.2, 0.25) is 0 Å². The minimum atomic E-state index is 0.0992. The van der Waals surface area contributed by atoms with Gasteiger partial charge in [0.2, 0.25) is 5.16 Å². The highest BCUT2D eigenvalue weighted by molar-refractivity contribution is 7.99. The van der Waals surface area contributed by atoms with Crippen LogP contribution in [0.15, 0.2) is 41.6 Å². The molecule has 0 unspecified atom stereocenters. The Bertz CT molecular complexity index is 867. The van der Waals surface area contributed by atoms with E-state index in [-0.39, 0.29) is 5.78 Å². The van der Waals surface area contributed by atoms with Crippen molar-refractivity contribution in [3.05, 3.63) is 59.2 Å². The smallest absolute Gasteiger partial charge is 0.208 e. The van der Waals surface area contributed by atoms with E-state index in [4.69, 9.17) is 0 Å². The number of H-pyrrole nitrogens is 1. The maximum absolute atomic E-state index is 12.7. The molecular weight excluding hydrogens is 332 g/mol. The van der Waals surface area contributed by atoms with E-state index in [0.29, 0.717) is 10.9 Å². The van der Waals surface area contributed by atoms with Crippen LogP contribution in [-0.4, -0.2) is 31.3 Å². The Morgan fingerprint density at radius 1 is 1.24 bits per heavy atom. The van der Waals surface area contributed by atoms with E-state index < -0.39 is 0 Å². The zero-order chi connectivity index (χ0) is 17.8. The number of carbonyl (C=O) groups is 1. The van der Waals surface area contributed by atoms with E-state index in [9.17, 15) is 4.79 Å². The van der Waals surface area contributed by atoms with Gasteiger partial charge < -0.3 is 4.57 Å². The number of thioether (sulfide) groups is 1. The predicted octanol–water partition coefficient (Wildman–Crippen LogP) is 4.14. The SMILES string of the molecule is CCCc1nc(SCC(=O)c2cc(C)n(-c3ccccc3)c2C)n[nH]1. The summed E-state index contributed by atoms with van der Waals surface area (Å²) in [6, 6.07) is 12.1. The lowest BCUT2D eigenvalue weighted by atomic mass is 10.2. The average molecular weight is 354 g/mol. The van der Waals surface area contributed by atoms with Crippen molar-refractivity contribution in [3.8, 4) is 5.69 Å². The lowest BCUT2D eigenvalue weighted by molar-refractivity contribution is 0.102. The molecule has 0 aliphatic carbocycles. The molecule has 0 fully saturated rings. The summed E-state index contributed by atoms with van der Waals surface area (Å²) in [6.45, 7) is 6.11. The van der Waals surface area contributed by atoms with Gasteiger partial charge in [-0.3, -0.25) is 9.89 Å². The molecule has 0 radical (unpaired) electrons. The van der Waals surface area contributed by atoms with E-state index in [1.165, 1.54) is 11.8 Å². The maximum Gasteiger partial charge on any atom is 0.208 e. The maximum atomic E-state index is 12.7. The molecule has 0 bridgehead atoms. The quantitative estimate of drug-likeness (QED) is 0.512. The fraction of sp³-hybridized carbons (Fsp3) is 0.316. The Hall–Kier alpha value is -2.34. The summed E-state index contributed by atoms with van der Waals surface area (Å²) in [5, 5.41) is 7.71. The van der Waals surface area contributed by atoms with Crippen molar-refractivity contribution in [3.63, 3.8) is 0 Å². The van der Waals surface area contributed by atoms with Crippen LogP contribution in [-0.2, 0) is 6.42 Å². The minimum Gasteiger partial charge on any atom is -0.318 e. The van der Waals surface area contributed by atoms with Gasteiger partial charge in [0.1, 0.15) is 5.82 Å². The molecule has 130 valence electrons. The second kappa shape index (κ2) is 7.70. The molecule has 0 saturated heterocycles. The van der Waals surface area contributed by atoms with E-state index in [1.807, 2.05) is 50.2 Å². The third-order valence-electron chi connectivity index (χ3n) is 4.08. The van der Waals surface area contributed by atoms with Crippen molar-refractivity contribution >= 4 is 17.5 Å². The monoisotopic (exact) mass is 354 g/mol. The number of hydrogen-bond acceptors (Lipinski definition) is 4. The van der Waals surface area contributed by atoms with Crippen molar-refractivity contribution in [1.82, 2.24) is 19.7 Å². The van der Waals surface area contributed by atoms with E-state index in [0.717, 1.165) is 41.3 Å². The number of aryl methyl sites for hydroxylation is 2. The number of nitrogens with one attached hydrogen (secondary N) is 1. The molecule has 0 saturated carbocycles. The van der Waals surface area contributed by atoms with Crippen molar-refractivity contribution in [2.24, 2.45) is 0 Å². The van der Waals surface area contributed by atoms with Gasteiger partial charge in [-0.15, -0.1) is 5.10 Å². The van der Waals surface area contributed by atoms with Crippen molar-refractivity contribution < 1.29 is 4.79 Å². The summed E-state index contributed by atoms with van der Waals surface area (Å²) in [5.41, 5.74) is 3.86. The molecule has 1 aromatic carbocycles. The molecule has 25 heavy (non-hydrogen) atoms. The van der Waals surface area contributed by atoms with Gasteiger partial charge in [-0.25, -0.2) is 4.98 Å². The number of ketones is 1. The summed E-state index contributed by atoms with van der Waals surface area (Å²) in [5.74, 6) is 1.31. The summed E-state index contributed by atoms with van der Waals surface area (Å²) in [7, 11) is 0. The van der Waals surface area contributed by atoms with Crippen LogP contribution >= 0.6 is 11.8 Å². The molecule has 5 nitrogen and oxygen atoms in total. The lowest BCUT2D eigenvalue weighted by Crippen LogP contribution is -2.05. The molecule has 2 heterocycles. The molecule has 1 N–H and O–H groups in total. The van der Waals surface area contributed by atoms with Crippen LogP contribution in [0, 0.1) is 13.8 Å². The number of aromatic nitrogens is 4. The number of carbonyl (C=O) groups excluding carboxylic acids is 1. The molecule has 2 aromatic heterocycles. The molecule has 0 spiro atoms.